The van der Waals surface area contributed by atoms with E-state index in [9.17, 15) is 5.11 Å². The number of hydrogen-bond acceptors (Lipinski definition) is 2. The number of aromatic hydroxyl groups is 1. The maximum atomic E-state index is 9.57. The summed E-state index contributed by atoms with van der Waals surface area (Å²) in [5.41, 5.74) is 2.11. The first kappa shape index (κ1) is 11.6. The van der Waals surface area contributed by atoms with Crippen LogP contribution in [0, 0.1) is 18.8 Å². The van der Waals surface area contributed by atoms with Crippen molar-refractivity contribution in [2.45, 2.75) is 26.8 Å². The highest BCUT2D eigenvalue weighted by Crippen LogP contribution is 2.17. The highest BCUT2D eigenvalue weighted by Gasteiger charge is 1.99. The Kier molecular flexibility index (Phi) is 4.73. The first-order valence-electron chi connectivity index (χ1n) is 5.13. The van der Waals surface area contributed by atoms with Gasteiger partial charge in [-0.25, -0.2) is 0 Å². The zero-order chi connectivity index (χ0) is 11.1. The molecule has 0 aliphatic carbocycles. The minimum atomic E-state index is 0.356. The monoisotopic (exact) mass is 203 g/mol. The summed E-state index contributed by atoms with van der Waals surface area (Å²) in [5, 5.41) is 12.8. The molecule has 15 heavy (non-hydrogen) atoms. The van der Waals surface area contributed by atoms with Gasteiger partial charge in [-0.2, -0.15) is 0 Å². The number of phenols is 1. The van der Waals surface area contributed by atoms with Crippen LogP contribution in [-0.4, -0.2) is 11.7 Å². The molecule has 2 nitrogen and oxygen atoms in total. The molecule has 1 aromatic rings. The van der Waals surface area contributed by atoms with E-state index in [0.29, 0.717) is 12.3 Å². The van der Waals surface area contributed by atoms with Gasteiger partial charge >= 0.3 is 0 Å². The van der Waals surface area contributed by atoms with Gasteiger partial charge in [0, 0.05) is 25.1 Å². The maximum absolute atomic E-state index is 9.57. The smallest absolute Gasteiger partial charge is 0.120 e. The van der Waals surface area contributed by atoms with Crippen molar-refractivity contribution in [1.29, 1.82) is 0 Å². The molecule has 80 valence electrons. The van der Waals surface area contributed by atoms with Gasteiger partial charge in [0.15, 0.2) is 0 Å². The number of phenolic OH excluding ortho intramolecular Hbond substituents is 1. The van der Waals surface area contributed by atoms with Crippen molar-refractivity contribution >= 4 is 0 Å². The molecule has 0 saturated heterocycles. The van der Waals surface area contributed by atoms with Crippen LogP contribution in [-0.2, 0) is 6.54 Å². The Bertz CT molecular complexity index is 374. The van der Waals surface area contributed by atoms with Crippen molar-refractivity contribution in [3.8, 4) is 17.6 Å². The fraction of sp³-hybridized carbons (Fsp3) is 0.385. The molecule has 0 bridgehead atoms. The summed E-state index contributed by atoms with van der Waals surface area (Å²) < 4.78 is 0. The minimum absolute atomic E-state index is 0.356. The third kappa shape index (κ3) is 4.05. The van der Waals surface area contributed by atoms with Gasteiger partial charge in [0.25, 0.3) is 0 Å². The lowest BCUT2D eigenvalue weighted by Crippen LogP contribution is -2.14. The number of nitrogens with one attached hydrogen (secondary N) is 1. The Morgan fingerprint density at radius 1 is 1.40 bits per heavy atom. The average molecular weight is 203 g/mol. The molecule has 0 fully saturated rings. The highest BCUT2D eigenvalue weighted by molar-refractivity contribution is 5.35. The topological polar surface area (TPSA) is 32.3 Å². The zero-order valence-electron chi connectivity index (χ0n) is 9.30. The predicted octanol–water partition coefficient (Wildman–Crippen LogP) is 2.20. The zero-order valence-corrected chi connectivity index (χ0v) is 9.30. The molecule has 0 aliphatic heterocycles. The number of aryl methyl sites for hydroxylation is 1. The van der Waals surface area contributed by atoms with Gasteiger partial charge in [-0.15, -0.1) is 11.8 Å². The van der Waals surface area contributed by atoms with Gasteiger partial charge in [-0.05, 0) is 19.9 Å². The van der Waals surface area contributed by atoms with Crippen LogP contribution < -0.4 is 5.32 Å². The van der Waals surface area contributed by atoms with E-state index in [2.05, 4.69) is 17.2 Å². The predicted molar refractivity (Wildman–Crippen MR) is 62.6 cm³/mol. The van der Waals surface area contributed by atoms with Gasteiger partial charge in [0.05, 0.1) is 0 Å². The lowest BCUT2D eigenvalue weighted by atomic mass is 10.1. The molecule has 2 heteroatoms. The SMILES string of the molecule is CC#CCCNCc1cc(C)ccc1O. The average Bonchev–Trinajstić information content (AvgIpc) is 2.23. The van der Waals surface area contributed by atoms with E-state index >= 15 is 0 Å². The Balaban J connectivity index is 2.42. The van der Waals surface area contributed by atoms with Crippen LogP contribution in [0.3, 0.4) is 0 Å². The molecular weight excluding hydrogens is 186 g/mol. The quantitative estimate of drug-likeness (QED) is 0.581. The third-order valence-corrected chi connectivity index (χ3v) is 2.15. The van der Waals surface area contributed by atoms with E-state index in [0.717, 1.165) is 24.1 Å². The van der Waals surface area contributed by atoms with Crippen molar-refractivity contribution in [2.24, 2.45) is 0 Å². The number of rotatable bonds is 4. The fourth-order valence-electron chi connectivity index (χ4n) is 1.35. The summed E-state index contributed by atoms with van der Waals surface area (Å²) in [5.74, 6) is 6.19. The van der Waals surface area contributed by atoms with Gasteiger partial charge in [0.1, 0.15) is 5.75 Å². The standard InChI is InChI=1S/C13H17NO/c1-3-4-5-8-14-10-12-9-11(2)6-7-13(12)15/h6-7,9,14-15H,5,8,10H2,1-2H3. The fourth-order valence-corrected chi connectivity index (χ4v) is 1.35. The summed E-state index contributed by atoms with van der Waals surface area (Å²) in [6.45, 7) is 5.41. The molecule has 0 unspecified atom stereocenters. The highest BCUT2D eigenvalue weighted by atomic mass is 16.3. The lowest BCUT2D eigenvalue weighted by molar-refractivity contribution is 0.464. The summed E-state index contributed by atoms with van der Waals surface area (Å²) in [7, 11) is 0. The van der Waals surface area contributed by atoms with Crippen molar-refractivity contribution in [2.75, 3.05) is 6.54 Å². The molecule has 0 aromatic heterocycles. The van der Waals surface area contributed by atoms with Crippen molar-refractivity contribution in [3.63, 3.8) is 0 Å². The van der Waals surface area contributed by atoms with E-state index in [4.69, 9.17) is 0 Å². The first-order valence-corrected chi connectivity index (χ1v) is 5.13. The van der Waals surface area contributed by atoms with E-state index in [1.807, 2.05) is 26.0 Å². The van der Waals surface area contributed by atoms with Crippen LogP contribution in [0.1, 0.15) is 24.5 Å². The Morgan fingerprint density at radius 2 is 2.20 bits per heavy atom. The molecule has 0 saturated carbocycles. The summed E-state index contributed by atoms with van der Waals surface area (Å²) in [6, 6.07) is 5.63. The molecule has 0 radical (unpaired) electrons. The molecule has 1 rings (SSSR count). The van der Waals surface area contributed by atoms with Gasteiger partial charge in [-0.1, -0.05) is 17.7 Å². The second-order valence-electron chi connectivity index (χ2n) is 3.49. The van der Waals surface area contributed by atoms with Crippen LogP contribution in [0.4, 0.5) is 0 Å². The van der Waals surface area contributed by atoms with Crippen LogP contribution in [0.2, 0.25) is 0 Å². The lowest BCUT2D eigenvalue weighted by Gasteiger charge is -2.06. The van der Waals surface area contributed by atoms with Gasteiger partial charge < -0.3 is 10.4 Å². The molecule has 1 aromatic carbocycles. The number of hydrogen-bond donors (Lipinski definition) is 2. The molecular formula is C13H17NO. The second kappa shape index (κ2) is 6.10. The minimum Gasteiger partial charge on any atom is -0.508 e. The van der Waals surface area contributed by atoms with E-state index in [1.54, 1.807) is 6.07 Å². The van der Waals surface area contributed by atoms with E-state index in [1.165, 1.54) is 0 Å². The number of benzene rings is 1. The first-order chi connectivity index (χ1) is 7.24. The second-order valence-corrected chi connectivity index (χ2v) is 3.49. The molecule has 0 atom stereocenters. The van der Waals surface area contributed by atoms with Gasteiger partial charge in [0.2, 0.25) is 0 Å². The molecule has 0 spiro atoms. The molecule has 2 N–H and O–H groups in total. The Labute approximate surface area is 91.3 Å². The third-order valence-electron chi connectivity index (χ3n) is 2.15. The van der Waals surface area contributed by atoms with E-state index < -0.39 is 0 Å². The van der Waals surface area contributed by atoms with Crippen LogP contribution >= 0.6 is 0 Å². The van der Waals surface area contributed by atoms with E-state index in [-0.39, 0.29) is 0 Å². The summed E-state index contributed by atoms with van der Waals surface area (Å²) in [4.78, 5) is 0. The maximum Gasteiger partial charge on any atom is 0.120 e. The molecule has 0 aliphatic rings. The normalized spacial score (nSPS) is 9.47. The van der Waals surface area contributed by atoms with Crippen LogP contribution in [0.15, 0.2) is 18.2 Å². The van der Waals surface area contributed by atoms with Crippen LogP contribution in [0.5, 0.6) is 5.75 Å². The summed E-state index contributed by atoms with van der Waals surface area (Å²) in [6.07, 6.45) is 0.850. The largest absolute Gasteiger partial charge is 0.508 e. The van der Waals surface area contributed by atoms with Crippen molar-refractivity contribution < 1.29 is 5.11 Å². The van der Waals surface area contributed by atoms with Gasteiger partial charge in [-0.3, -0.25) is 0 Å². The van der Waals surface area contributed by atoms with Crippen molar-refractivity contribution in [3.05, 3.63) is 29.3 Å². The summed E-state index contributed by atoms with van der Waals surface area (Å²) >= 11 is 0. The Hall–Kier alpha value is -1.46. The van der Waals surface area contributed by atoms with Crippen LogP contribution in [0.25, 0.3) is 0 Å². The Morgan fingerprint density at radius 3 is 2.93 bits per heavy atom. The molecule has 0 heterocycles. The van der Waals surface area contributed by atoms with Crippen molar-refractivity contribution in [1.82, 2.24) is 5.32 Å². The molecule has 0 amide bonds.